The first-order valence-corrected chi connectivity index (χ1v) is 6.40. The van der Waals surface area contributed by atoms with Crippen LogP contribution in [0.15, 0.2) is 0 Å². The molecule has 20 heavy (non-hydrogen) atoms. The van der Waals surface area contributed by atoms with Crippen molar-refractivity contribution in [2.24, 2.45) is 0 Å². The topological polar surface area (TPSA) is 88.6 Å². The third-order valence-corrected chi connectivity index (χ3v) is 2.85. The van der Waals surface area contributed by atoms with E-state index in [1.165, 1.54) is 0 Å². The lowest BCUT2D eigenvalue weighted by Gasteiger charge is -2.25. The lowest BCUT2D eigenvalue weighted by molar-refractivity contribution is 0.545. The Hall–Kier alpha value is -2.34. The molecule has 106 valence electrons. The molecule has 6 heteroatoms. The van der Waals surface area contributed by atoms with Gasteiger partial charge in [-0.2, -0.15) is 10.5 Å². The fraction of sp³-hybridized carbons (Fsp3) is 0.571. The Morgan fingerprint density at radius 3 is 2.10 bits per heavy atom. The highest BCUT2D eigenvalue weighted by molar-refractivity contribution is 5.59. The molecular formula is C14H20N6. The van der Waals surface area contributed by atoms with Crippen LogP contribution in [0.3, 0.4) is 0 Å². The van der Waals surface area contributed by atoms with Crippen LogP contribution in [0.5, 0.6) is 0 Å². The van der Waals surface area contributed by atoms with Gasteiger partial charge in [0, 0.05) is 18.0 Å². The van der Waals surface area contributed by atoms with Gasteiger partial charge in [0.15, 0.2) is 0 Å². The van der Waals surface area contributed by atoms with Gasteiger partial charge in [0.2, 0.25) is 0 Å². The van der Waals surface area contributed by atoms with Crippen molar-refractivity contribution in [1.29, 1.82) is 10.5 Å². The number of anilines is 2. The van der Waals surface area contributed by atoms with E-state index in [9.17, 15) is 0 Å². The summed E-state index contributed by atoms with van der Waals surface area (Å²) in [5.41, 5.74) is 0.630. The summed E-state index contributed by atoms with van der Waals surface area (Å²) in [6.45, 7) is 8.21. The summed E-state index contributed by atoms with van der Waals surface area (Å²) in [6, 6.07) is 4.14. The molecule has 0 saturated heterocycles. The van der Waals surface area contributed by atoms with E-state index in [-0.39, 0.29) is 18.5 Å². The van der Waals surface area contributed by atoms with Gasteiger partial charge in [-0.05, 0) is 6.92 Å². The molecule has 0 saturated carbocycles. The summed E-state index contributed by atoms with van der Waals surface area (Å²) >= 11 is 0. The molecule has 0 aliphatic rings. The Labute approximate surface area is 120 Å². The van der Waals surface area contributed by atoms with Gasteiger partial charge in [0.05, 0.1) is 12.1 Å². The van der Waals surface area contributed by atoms with E-state index in [1.807, 2.05) is 27.7 Å². The average molecular weight is 272 g/mol. The van der Waals surface area contributed by atoms with Crippen LogP contribution in [-0.4, -0.2) is 30.1 Å². The quantitative estimate of drug-likeness (QED) is 0.843. The lowest BCUT2D eigenvalue weighted by atomic mass is 9.95. The maximum atomic E-state index is 8.91. The molecule has 0 radical (unpaired) electrons. The molecule has 0 bridgehead atoms. The highest BCUT2D eigenvalue weighted by Gasteiger charge is 2.23. The predicted molar refractivity (Wildman–Crippen MR) is 78.5 cm³/mol. The normalized spacial score (nSPS) is 10.6. The number of hydrogen-bond acceptors (Lipinski definition) is 6. The summed E-state index contributed by atoms with van der Waals surface area (Å²) in [5.74, 6) is 2.04. The highest BCUT2D eigenvalue weighted by atomic mass is 15.2. The third kappa shape index (κ3) is 3.36. The van der Waals surface area contributed by atoms with Crippen molar-refractivity contribution in [3.8, 4) is 12.1 Å². The Morgan fingerprint density at radius 1 is 1.15 bits per heavy atom. The molecule has 6 nitrogen and oxygen atoms in total. The fourth-order valence-electron chi connectivity index (χ4n) is 1.77. The standard InChI is InChI=1S/C14H20N6/c1-10-11(17-5)18-13(14(2,3)4)19-12(10)20(8-6-15)9-7-16/h8-9H2,1-5H3,(H,17,18,19). The molecule has 0 amide bonds. The van der Waals surface area contributed by atoms with Crippen molar-refractivity contribution in [3.05, 3.63) is 11.4 Å². The maximum absolute atomic E-state index is 8.91. The van der Waals surface area contributed by atoms with E-state index < -0.39 is 0 Å². The van der Waals surface area contributed by atoms with Crippen LogP contribution in [0.1, 0.15) is 32.2 Å². The Balaban J connectivity index is 3.44. The van der Waals surface area contributed by atoms with Crippen LogP contribution < -0.4 is 10.2 Å². The van der Waals surface area contributed by atoms with Crippen molar-refractivity contribution in [2.75, 3.05) is 30.4 Å². The van der Waals surface area contributed by atoms with Gasteiger partial charge in [-0.1, -0.05) is 20.8 Å². The highest BCUT2D eigenvalue weighted by Crippen LogP contribution is 2.28. The van der Waals surface area contributed by atoms with Crippen LogP contribution in [-0.2, 0) is 5.41 Å². The monoisotopic (exact) mass is 272 g/mol. The first-order chi connectivity index (χ1) is 9.35. The molecule has 0 aliphatic carbocycles. The molecule has 0 spiro atoms. The molecule has 1 rings (SSSR count). The minimum absolute atomic E-state index is 0.123. The van der Waals surface area contributed by atoms with E-state index in [2.05, 4.69) is 27.4 Å². The van der Waals surface area contributed by atoms with Gasteiger partial charge in [-0.25, -0.2) is 9.97 Å². The molecule has 0 fully saturated rings. The first kappa shape index (κ1) is 15.7. The number of nitrogens with one attached hydrogen (secondary N) is 1. The molecule has 1 N–H and O–H groups in total. The number of rotatable bonds is 4. The zero-order valence-electron chi connectivity index (χ0n) is 12.7. The third-order valence-electron chi connectivity index (χ3n) is 2.85. The van der Waals surface area contributed by atoms with E-state index in [0.717, 1.165) is 11.4 Å². The van der Waals surface area contributed by atoms with E-state index in [4.69, 9.17) is 10.5 Å². The van der Waals surface area contributed by atoms with E-state index in [0.29, 0.717) is 11.6 Å². The van der Waals surface area contributed by atoms with Gasteiger partial charge >= 0.3 is 0 Å². The second-order valence-electron chi connectivity index (χ2n) is 5.52. The summed E-state index contributed by atoms with van der Waals surface area (Å²) in [6.07, 6.45) is 0. The van der Waals surface area contributed by atoms with E-state index in [1.54, 1.807) is 11.9 Å². The van der Waals surface area contributed by atoms with Crippen molar-refractivity contribution in [3.63, 3.8) is 0 Å². The van der Waals surface area contributed by atoms with Crippen molar-refractivity contribution in [2.45, 2.75) is 33.1 Å². The summed E-state index contributed by atoms with van der Waals surface area (Å²) in [7, 11) is 1.80. The minimum atomic E-state index is -0.209. The molecule has 1 aromatic rings. The summed E-state index contributed by atoms with van der Waals surface area (Å²) < 4.78 is 0. The smallest absolute Gasteiger partial charge is 0.139 e. The Kier molecular flexibility index (Phi) is 4.88. The zero-order valence-corrected chi connectivity index (χ0v) is 12.7. The SMILES string of the molecule is CNc1nc(C(C)(C)C)nc(N(CC#N)CC#N)c1C. The van der Waals surface area contributed by atoms with Crippen LogP contribution in [0, 0.1) is 29.6 Å². The van der Waals surface area contributed by atoms with Gasteiger partial charge < -0.3 is 10.2 Å². The van der Waals surface area contributed by atoms with Gasteiger partial charge in [0.1, 0.15) is 30.5 Å². The Morgan fingerprint density at radius 2 is 1.70 bits per heavy atom. The van der Waals surface area contributed by atoms with Crippen LogP contribution in [0.4, 0.5) is 11.6 Å². The lowest BCUT2D eigenvalue weighted by Crippen LogP contribution is -2.28. The van der Waals surface area contributed by atoms with Crippen LogP contribution in [0.2, 0.25) is 0 Å². The molecule has 0 unspecified atom stereocenters. The van der Waals surface area contributed by atoms with Gasteiger partial charge in [0.25, 0.3) is 0 Å². The average Bonchev–Trinajstić information content (AvgIpc) is 2.37. The van der Waals surface area contributed by atoms with Gasteiger partial charge in [-0.3, -0.25) is 0 Å². The number of nitriles is 2. The molecule has 1 aromatic heterocycles. The van der Waals surface area contributed by atoms with Crippen LogP contribution >= 0.6 is 0 Å². The van der Waals surface area contributed by atoms with Crippen molar-refractivity contribution in [1.82, 2.24) is 9.97 Å². The number of aromatic nitrogens is 2. The van der Waals surface area contributed by atoms with Crippen molar-refractivity contribution < 1.29 is 0 Å². The predicted octanol–water partition coefficient (Wildman–Crippen LogP) is 1.98. The molecular weight excluding hydrogens is 252 g/mol. The molecule has 0 aromatic carbocycles. The summed E-state index contributed by atoms with van der Waals surface area (Å²) in [4.78, 5) is 10.7. The minimum Gasteiger partial charge on any atom is -0.373 e. The maximum Gasteiger partial charge on any atom is 0.139 e. The fourth-order valence-corrected chi connectivity index (χ4v) is 1.77. The molecule has 0 atom stereocenters. The second-order valence-corrected chi connectivity index (χ2v) is 5.52. The summed E-state index contributed by atoms with van der Waals surface area (Å²) in [5, 5.41) is 20.9. The molecule has 0 aliphatic heterocycles. The first-order valence-electron chi connectivity index (χ1n) is 6.40. The second kappa shape index (κ2) is 6.21. The number of hydrogen-bond donors (Lipinski definition) is 1. The largest absolute Gasteiger partial charge is 0.373 e. The van der Waals surface area contributed by atoms with Gasteiger partial charge in [-0.15, -0.1) is 0 Å². The Bertz CT molecular complexity index is 543. The zero-order chi connectivity index (χ0) is 15.3. The van der Waals surface area contributed by atoms with E-state index >= 15 is 0 Å². The number of nitrogens with zero attached hydrogens (tertiary/aromatic N) is 5. The van der Waals surface area contributed by atoms with Crippen LogP contribution in [0.25, 0.3) is 0 Å². The molecule has 1 heterocycles. The van der Waals surface area contributed by atoms with Crippen molar-refractivity contribution >= 4 is 11.6 Å².